The minimum Gasteiger partial charge on any atom is -0.0799 e. The molecule has 0 saturated heterocycles. The van der Waals surface area contributed by atoms with E-state index >= 15 is 0 Å². The first kappa shape index (κ1) is 11.7. The molecule has 12 heavy (non-hydrogen) atoms. The third-order valence-electron chi connectivity index (χ3n) is 2.38. The summed E-state index contributed by atoms with van der Waals surface area (Å²) in [4.78, 5) is 0. The van der Waals surface area contributed by atoms with Crippen LogP contribution in [0.15, 0.2) is 11.6 Å². The van der Waals surface area contributed by atoms with Crippen LogP contribution < -0.4 is 0 Å². The Morgan fingerprint density at radius 3 is 1.75 bits per heavy atom. The van der Waals surface area contributed by atoms with Crippen LogP contribution in [0.2, 0.25) is 0 Å². The number of hydrogen-bond acceptors (Lipinski definition) is 0. The summed E-state index contributed by atoms with van der Waals surface area (Å²) in [6, 6.07) is 0. The Morgan fingerprint density at radius 2 is 1.50 bits per heavy atom. The molecule has 0 radical (unpaired) electrons. The van der Waals surface area contributed by atoms with Gasteiger partial charge in [-0.05, 0) is 24.2 Å². The molecular weight excluding hydrogens is 144 g/mol. The van der Waals surface area contributed by atoms with E-state index in [-0.39, 0.29) is 0 Å². The molecule has 1 unspecified atom stereocenters. The van der Waals surface area contributed by atoms with Crippen LogP contribution in [0.5, 0.6) is 0 Å². The van der Waals surface area contributed by atoms with Gasteiger partial charge in [0, 0.05) is 0 Å². The van der Waals surface area contributed by atoms with E-state index in [0.29, 0.717) is 11.3 Å². The van der Waals surface area contributed by atoms with Crippen molar-refractivity contribution in [3.05, 3.63) is 11.6 Å². The van der Waals surface area contributed by atoms with Gasteiger partial charge in [-0.3, -0.25) is 0 Å². The van der Waals surface area contributed by atoms with Gasteiger partial charge in [0.05, 0.1) is 0 Å². The molecule has 0 spiro atoms. The van der Waals surface area contributed by atoms with E-state index in [1.54, 1.807) is 0 Å². The molecule has 0 fully saturated rings. The van der Waals surface area contributed by atoms with Crippen molar-refractivity contribution in [2.24, 2.45) is 17.3 Å². The first-order valence-electron chi connectivity index (χ1n) is 4.93. The Morgan fingerprint density at radius 1 is 1.08 bits per heavy atom. The van der Waals surface area contributed by atoms with Crippen molar-refractivity contribution in [2.45, 2.75) is 48.5 Å². The predicted molar refractivity (Wildman–Crippen MR) is 57.2 cm³/mol. The largest absolute Gasteiger partial charge is 0.0799 e. The zero-order valence-corrected chi connectivity index (χ0v) is 9.73. The molecule has 72 valence electrons. The number of rotatable bonds is 2. The Bertz CT molecular complexity index is 155. The van der Waals surface area contributed by atoms with Crippen molar-refractivity contribution in [2.75, 3.05) is 0 Å². The van der Waals surface area contributed by atoms with E-state index in [1.807, 2.05) is 0 Å². The monoisotopic (exact) mass is 168 g/mol. The Hall–Kier alpha value is -0.260. The van der Waals surface area contributed by atoms with Crippen molar-refractivity contribution >= 4 is 0 Å². The lowest BCUT2D eigenvalue weighted by Crippen LogP contribution is -2.09. The Balaban J connectivity index is 4.38. The highest BCUT2D eigenvalue weighted by Crippen LogP contribution is 2.25. The highest BCUT2D eigenvalue weighted by Gasteiger charge is 2.12. The average molecular weight is 168 g/mol. The normalized spacial score (nSPS) is 16.8. The van der Waals surface area contributed by atoms with Crippen molar-refractivity contribution in [1.82, 2.24) is 0 Å². The van der Waals surface area contributed by atoms with Gasteiger partial charge in [-0.25, -0.2) is 0 Å². The Kier molecular flexibility index (Phi) is 4.02. The van der Waals surface area contributed by atoms with Gasteiger partial charge >= 0.3 is 0 Å². The Labute approximate surface area is 78.1 Å². The molecule has 0 heterocycles. The fourth-order valence-electron chi connectivity index (χ4n) is 1.34. The average Bonchev–Trinajstić information content (AvgIpc) is 1.82. The van der Waals surface area contributed by atoms with E-state index in [1.165, 1.54) is 5.57 Å². The third kappa shape index (κ3) is 4.58. The van der Waals surface area contributed by atoms with Gasteiger partial charge in [-0.1, -0.05) is 53.2 Å². The van der Waals surface area contributed by atoms with Crippen LogP contribution in [0.4, 0.5) is 0 Å². The fraction of sp³-hybridized carbons (Fsp3) is 0.833. The first-order chi connectivity index (χ1) is 5.24. The SMILES string of the molecule is C/C(=C\C(C)(C)C)C(C)C(C)C. The second-order valence-electron chi connectivity index (χ2n) is 5.29. The minimum atomic E-state index is 0.327. The lowest BCUT2D eigenvalue weighted by atomic mass is 9.85. The summed E-state index contributed by atoms with van der Waals surface area (Å²) >= 11 is 0. The number of hydrogen-bond donors (Lipinski definition) is 0. The van der Waals surface area contributed by atoms with E-state index in [0.717, 1.165) is 5.92 Å². The summed E-state index contributed by atoms with van der Waals surface area (Å²) in [5.41, 5.74) is 1.85. The van der Waals surface area contributed by atoms with Gasteiger partial charge in [0.2, 0.25) is 0 Å². The summed E-state index contributed by atoms with van der Waals surface area (Å²) in [5, 5.41) is 0. The zero-order chi connectivity index (χ0) is 9.94. The molecule has 0 N–H and O–H groups in total. The fourth-order valence-corrected chi connectivity index (χ4v) is 1.34. The van der Waals surface area contributed by atoms with Crippen LogP contribution in [0, 0.1) is 17.3 Å². The molecule has 0 saturated carbocycles. The summed E-state index contributed by atoms with van der Waals surface area (Å²) in [5.74, 6) is 1.47. The molecule has 0 aliphatic carbocycles. The van der Waals surface area contributed by atoms with E-state index < -0.39 is 0 Å². The van der Waals surface area contributed by atoms with Crippen LogP contribution in [0.3, 0.4) is 0 Å². The molecule has 0 aromatic heterocycles. The molecule has 0 bridgehead atoms. The smallest absolute Gasteiger partial charge is 0.0200 e. The van der Waals surface area contributed by atoms with Crippen LogP contribution in [0.25, 0.3) is 0 Å². The molecule has 0 aliphatic heterocycles. The molecule has 1 atom stereocenters. The summed E-state index contributed by atoms with van der Waals surface area (Å²) in [6.45, 7) is 15.9. The number of allylic oxidation sites excluding steroid dienone is 2. The van der Waals surface area contributed by atoms with Gasteiger partial charge < -0.3 is 0 Å². The molecule has 0 aromatic carbocycles. The van der Waals surface area contributed by atoms with Crippen molar-refractivity contribution in [1.29, 1.82) is 0 Å². The third-order valence-corrected chi connectivity index (χ3v) is 2.38. The zero-order valence-electron chi connectivity index (χ0n) is 9.73. The van der Waals surface area contributed by atoms with Crippen LogP contribution in [-0.4, -0.2) is 0 Å². The topological polar surface area (TPSA) is 0 Å². The van der Waals surface area contributed by atoms with Crippen LogP contribution >= 0.6 is 0 Å². The molecule has 0 amide bonds. The van der Waals surface area contributed by atoms with Gasteiger partial charge in [0.15, 0.2) is 0 Å². The quantitative estimate of drug-likeness (QED) is 0.540. The van der Waals surface area contributed by atoms with Crippen molar-refractivity contribution < 1.29 is 0 Å². The molecule has 0 heteroatoms. The van der Waals surface area contributed by atoms with Gasteiger partial charge in [-0.15, -0.1) is 0 Å². The van der Waals surface area contributed by atoms with Crippen molar-refractivity contribution in [3.63, 3.8) is 0 Å². The van der Waals surface area contributed by atoms with Crippen molar-refractivity contribution in [3.8, 4) is 0 Å². The highest BCUT2D eigenvalue weighted by molar-refractivity contribution is 5.07. The molecule has 0 nitrogen and oxygen atoms in total. The maximum Gasteiger partial charge on any atom is -0.0200 e. The summed E-state index contributed by atoms with van der Waals surface area (Å²) in [6.07, 6.45) is 2.39. The highest BCUT2D eigenvalue weighted by atomic mass is 14.2. The molecule has 0 rings (SSSR count). The van der Waals surface area contributed by atoms with Gasteiger partial charge in [0.1, 0.15) is 0 Å². The van der Waals surface area contributed by atoms with Gasteiger partial charge in [-0.2, -0.15) is 0 Å². The molecule has 0 aliphatic rings. The lowest BCUT2D eigenvalue weighted by molar-refractivity contribution is 0.461. The van der Waals surface area contributed by atoms with E-state index in [4.69, 9.17) is 0 Å². The first-order valence-corrected chi connectivity index (χ1v) is 4.93. The lowest BCUT2D eigenvalue weighted by Gasteiger charge is -2.21. The molecular formula is C12H24. The summed E-state index contributed by atoms with van der Waals surface area (Å²) in [7, 11) is 0. The molecule has 0 aromatic rings. The second kappa shape index (κ2) is 4.11. The maximum atomic E-state index is 2.39. The van der Waals surface area contributed by atoms with Gasteiger partial charge in [0.25, 0.3) is 0 Å². The maximum absolute atomic E-state index is 2.39. The minimum absolute atomic E-state index is 0.327. The standard InChI is InChI=1S/C12H24/c1-9(2)11(4)10(3)8-12(5,6)7/h8-9,11H,1-7H3/b10-8+. The van der Waals surface area contributed by atoms with E-state index in [9.17, 15) is 0 Å². The van der Waals surface area contributed by atoms with Crippen LogP contribution in [-0.2, 0) is 0 Å². The summed E-state index contributed by atoms with van der Waals surface area (Å²) < 4.78 is 0. The predicted octanol–water partition coefficient (Wildman–Crippen LogP) is 4.27. The van der Waals surface area contributed by atoms with Crippen LogP contribution in [0.1, 0.15) is 48.5 Å². The van der Waals surface area contributed by atoms with E-state index in [2.05, 4.69) is 54.5 Å². The second-order valence-corrected chi connectivity index (χ2v) is 5.29.